The number of carbonyl (C=O) groups excluding carboxylic acids is 1. The van der Waals surface area contributed by atoms with Crippen molar-refractivity contribution in [2.24, 2.45) is 5.92 Å². The standard InChI is InChI=1S/C14H28N2O/c1-5-15-12(3)10-14(17)16(4)13-9-7-6-8-11(13)2/h11-13,15H,5-10H2,1-4H3. The second kappa shape index (κ2) is 7.00. The number of amides is 1. The van der Waals surface area contributed by atoms with E-state index in [9.17, 15) is 4.79 Å². The van der Waals surface area contributed by atoms with Gasteiger partial charge >= 0.3 is 0 Å². The largest absolute Gasteiger partial charge is 0.342 e. The van der Waals surface area contributed by atoms with E-state index < -0.39 is 0 Å². The maximum Gasteiger partial charge on any atom is 0.224 e. The minimum atomic E-state index is 0.286. The van der Waals surface area contributed by atoms with Crippen LogP contribution in [0.1, 0.15) is 52.9 Å². The minimum Gasteiger partial charge on any atom is -0.342 e. The van der Waals surface area contributed by atoms with Crippen LogP contribution in [-0.4, -0.2) is 36.5 Å². The Morgan fingerprint density at radius 3 is 2.65 bits per heavy atom. The number of rotatable bonds is 5. The lowest BCUT2D eigenvalue weighted by Gasteiger charge is -2.36. The Bertz CT molecular complexity index is 242. The van der Waals surface area contributed by atoms with Gasteiger partial charge in [0.2, 0.25) is 5.91 Å². The SMILES string of the molecule is CCNC(C)CC(=O)N(C)C1CCCCC1C. The smallest absolute Gasteiger partial charge is 0.224 e. The number of nitrogens with zero attached hydrogens (tertiary/aromatic N) is 1. The van der Waals surface area contributed by atoms with Crippen LogP contribution in [0.15, 0.2) is 0 Å². The monoisotopic (exact) mass is 240 g/mol. The van der Waals surface area contributed by atoms with Crippen molar-refractivity contribution in [3.05, 3.63) is 0 Å². The van der Waals surface area contributed by atoms with Gasteiger partial charge in [0.25, 0.3) is 0 Å². The highest BCUT2D eigenvalue weighted by molar-refractivity contribution is 5.76. The highest BCUT2D eigenvalue weighted by Gasteiger charge is 2.28. The third kappa shape index (κ3) is 4.30. The quantitative estimate of drug-likeness (QED) is 0.800. The Hall–Kier alpha value is -0.570. The van der Waals surface area contributed by atoms with Crippen molar-refractivity contribution in [3.8, 4) is 0 Å². The molecular formula is C14H28N2O. The fourth-order valence-electron chi connectivity index (χ4n) is 2.88. The Labute approximate surface area is 106 Å². The Morgan fingerprint density at radius 2 is 2.06 bits per heavy atom. The van der Waals surface area contributed by atoms with Crippen LogP contribution in [0.3, 0.4) is 0 Å². The molecule has 1 saturated carbocycles. The molecule has 3 nitrogen and oxygen atoms in total. The first-order chi connectivity index (χ1) is 8.06. The molecule has 0 aromatic carbocycles. The first-order valence-corrected chi connectivity index (χ1v) is 7.05. The van der Waals surface area contributed by atoms with Crippen LogP contribution in [0, 0.1) is 5.92 Å². The van der Waals surface area contributed by atoms with E-state index in [-0.39, 0.29) is 11.9 Å². The third-order valence-electron chi connectivity index (χ3n) is 3.99. The molecule has 0 saturated heterocycles. The van der Waals surface area contributed by atoms with Gasteiger partial charge in [-0.3, -0.25) is 4.79 Å². The summed E-state index contributed by atoms with van der Waals surface area (Å²) >= 11 is 0. The molecule has 1 fully saturated rings. The van der Waals surface area contributed by atoms with Gasteiger partial charge in [-0.05, 0) is 32.2 Å². The molecule has 0 aliphatic heterocycles. The summed E-state index contributed by atoms with van der Waals surface area (Å²) in [5.41, 5.74) is 0. The van der Waals surface area contributed by atoms with E-state index in [0.29, 0.717) is 18.4 Å². The Morgan fingerprint density at radius 1 is 1.41 bits per heavy atom. The van der Waals surface area contributed by atoms with Crippen molar-refractivity contribution in [1.82, 2.24) is 10.2 Å². The molecule has 1 rings (SSSR count). The zero-order valence-corrected chi connectivity index (χ0v) is 11.8. The van der Waals surface area contributed by atoms with E-state index in [1.165, 1.54) is 25.7 Å². The molecule has 1 N–H and O–H groups in total. The van der Waals surface area contributed by atoms with Crippen LogP contribution in [0.5, 0.6) is 0 Å². The van der Waals surface area contributed by atoms with E-state index in [1.54, 1.807) is 0 Å². The molecule has 17 heavy (non-hydrogen) atoms. The Kier molecular flexibility index (Phi) is 5.96. The summed E-state index contributed by atoms with van der Waals surface area (Å²) < 4.78 is 0. The van der Waals surface area contributed by atoms with Crippen molar-refractivity contribution in [2.75, 3.05) is 13.6 Å². The third-order valence-corrected chi connectivity index (χ3v) is 3.99. The van der Waals surface area contributed by atoms with Crippen LogP contribution in [-0.2, 0) is 4.79 Å². The van der Waals surface area contributed by atoms with Gasteiger partial charge in [0.15, 0.2) is 0 Å². The predicted molar refractivity (Wildman–Crippen MR) is 71.9 cm³/mol. The normalized spacial score (nSPS) is 26.6. The van der Waals surface area contributed by atoms with Gasteiger partial charge in [-0.15, -0.1) is 0 Å². The van der Waals surface area contributed by atoms with Crippen LogP contribution in [0.25, 0.3) is 0 Å². The molecule has 1 aliphatic carbocycles. The summed E-state index contributed by atoms with van der Waals surface area (Å²) in [5.74, 6) is 0.948. The summed E-state index contributed by atoms with van der Waals surface area (Å²) in [5, 5.41) is 3.30. The molecule has 100 valence electrons. The van der Waals surface area contributed by atoms with Gasteiger partial charge in [-0.1, -0.05) is 26.7 Å². The summed E-state index contributed by atoms with van der Waals surface area (Å²) in [4.78, 5) is 14.2. The fraction of sp³-hybridized carbons (Fsp3) is 0.929. The molecule has 3 unspecified atom stereocenters. The van der Waals surface area contributed by atoms with Gasteiger partial charge in [-0.25, -0.2) is 0 Å². The van der Waals surface area contributed by atoms with E-state index >= 15 is 0 Å². The van der Waals surface area contributed by atoms with Crippen LogP contribution in [0.4, 0.5) is 0 Å². The van der Waals surface area contributed by atoms with Crippen molar-refractivity contribution in [1.29, 1.82) is 0 Å². The zero-order valence-electron chi connectivity index (χ0n) is 11.8. The average Bonchev–Trinajstić information content (AvgIpc) is 2.29. The second-order valence-electron chi connectivity index (χ2n) is 5.50. The first kappa shape index (κ1) is 14.5. The number of nitrogens with one attached hydrogen (secondary N) is 1. The highest BCUT2D eigenvalue weighted by atomic mass is 16.2. The van der Waals surface area contributed by atoms with Crippen LogP contribution in [0.2, 0.25) is 0 Å². The molecule has 0 bridgehead atoms. The summed E-state index contributed by atoms with van der Waals surface area (Å²) in [6.07, 6.45) is 5.67. The zero-order chi connectivity index (χ0) is 12.8. The van der Waals surface area contributed by atoms with E-state index in [4.69, 9.17) is 0 Å². The lowest BCUT2D eigenvalue weighted by atomic mass is 9.85. The summed E-state index contributed by atoms with van der Waals surface area (Å²) in [6.45, 7) is 7.37. The minimum absolute atomic E-state index is 0.286. The maximum atomic E-state index is 12.2. The molecule has 1 aliphatic rings. The van der Waals surface area contributed by atoms with Crippen molar-refractivity contribution >= 4 is 5.91 Å². The van der Waals surface area contributed by atoms with Gasteiger partial charge in [0, 0.05) is 25.6 Å². The van der Waals surface area contributed by atoms with Crippen LogP contribution < -0.4 is 5.32 Å². The lowest BCUT2D eigenvalue weighted by Crippen LogP contribution is -2.44. The number of hydrogen-bond donors (Lipinski definition) is 1. The van der Waals surface area contributed by atoms with Crippen molar-refractivity contribution in [2.45, 2.75) is 65.0 Å². The van der Waals surface area contributed by atoms with Gasteiger partial charge in [0.1, 0.15) is 0 Å². The summed E-state index contributed by atoms with van der Waals surface area (Å²) in [7, 11) is 1.98. The van der Waals surface area contributed by atoms with Gasteiger partial charge in [0.05, 0.1) is 0 Å². The summed E-state index contributed by atoms with van der Waals surface area (Å²) in [6, 6.07) is 0.749. The molecule has 3 atom stereocenters. The first-order valence-electron chi connectivity index (χ1n) is 7.05. The van der Waals surface area contributed by atoms with Crippen molar-refractivity contribution in [3.63, 3.8) is 0 Å². The lowest BCUT2D eigenvalue weighted by molar-refractivity contribution is -0.134. The maximum absolute atomic E-state index is 12.2. The predicted octanol–water partition coefficient (Wildman–Crippen LogP) is 2.41. The molecule has 1 amide bonds. The van der Waals surface area contributed by atoms with Gasteiger partial charge in [-0.2, -0.15) is 0 Å². The molecule has 3 heteroatoms. The molecule has 0 heterocycles. The topological polar surface area (TPSA) is 32.3 Å². The van der Waals surface area contributed by atoms with E-state index in [1.807, 2.05) is 11.9 Å². The van der Waals surface area contributed by atoms with Crippen molar-refractivity contribution < 1.29 is 4.79 Å². The highest BCUT2D eigenvalue weighted by Crippen LogP contribution is 2.27. The second-order valence-corrected chi connectivity index (χ2v) is 5.50. The number of carbonyl (C=O) groups is 1. The van der Waals surface area contributed by atoms with E-state index in [2.05, 4.69) is 26.1 Å². The molecule has 0 aromatic heterocycles. The fourth-order valence-corrected chi connectivity index (χ4v) is 2.88. The number of hydrogen-bond acceptors (Lipinski definition) is 2. The van der Waals surface area contributed by atoms with E-state index in [0.717, 1.165) is 6.54 Å². The molecular weight excluding hydrogens is 212 g/mol. The molecule has 0 spiro atoms. The Balaban J connectivity index is 2.44. The molecule has 0 radical (unpaired) electrons. The average molecular weight is 240 g/mol. The van der Waals surface area contributed by atoms with Crippen LogP contribution >= 0.6 is 0 Å². The molecule has 0 aromatic rings. The van der Waals surface area contributed by atoms with Gasteiger partial charge < -0.3 is 10.2 Å².